The molecule has 0 bridgehead atoms. The highest BCUT2D eigenvalue weighted by Gasteiger charge is 2.16. The van der Waals surface area contributed by atoms with E-state index >= 15 is 0 Å². The first-order valence-corrected chi connectivity index (χ1v) is 3.47. The molecule has 4 heteroatoms. The van der Waals surface area contributed by atoms with Crippen molar-refractivity contribution >= 4 is 17.8 Å². The Bertz CT molecular complexity index is 352. The topological polar surface area (TPSA) is 41.8 Å². The largest absolute Gasteiger partial charge is 0.288 e. The molecule has 60 valence electrons. The second-order valence-electron chi connectivity index (χ2n) is 2.45. The van der Waals surface area contributed by atoms with Crippen molar-refractivity contribution in [2.75, 3.05) is 0 Å². The first-order valence-electron chi connectivity index (χ1n) is 3.47. The minimum Gasteiger partial charge on any atom is -0.266 e. The Hall–Kier alpha value is -1.58. The molecule has 1 atom stereocenters. The number of carbonyl (C=O) groups excluding carboxylic acids is 1. The monoisotopic (exact) mass is 164 g/mol. The number of aliphatic imine (C=N–C) groups is 2. The molecule has 1 amide bonds. The van der Waals surface area contributed by atoms with Crippen LogP contribution in [-0.4, -0.2) is 24.0 Å². The molecule has 3 nitrogen and oxygen atoms in total. The summed E-state index contributed by atoms with van der Waals surface area (Å²) >= 11 is 0. The van der Waals surface area contributed by atoms with E-state index < -0.39 is 12.1 Å². The Morgan fingerprint density at radius 2 is 2.33 bits per heavy atom. The summed E-state index contributed by atoms with van der Waals surface area (Å²) in [6.45, 7) is 0. The first kappa shape index (κ1) is 7.09. The fourth-order valence-electron chi connectivity index (χ4n) is 1.04. The van der Waals surface area contributed by atoms with Gasteiger partial charge in [-0.25, -0.2) is 14.4 Å². The molecular formula is C8H5FN2O. The predicted molar refractivity (Wildman–Crippen MR) is 43.1 cm³/mol. The molecule has 2 rings (SSSR count). The van der Waals surface area contributed by atoms with Gasteiger partial charge >= 0.3 is 0 Å². The van der Waals surface area contributed by atoms with Crippen molar-refractivity contribution in [1.82, 2.24) is 0 Å². The molecule has 0 aromatic heterocycles. The molecule has 0 aromatic rings. The van der Waals surface area contributed by atoms with Crippen molar-refractivity contribution in [3.63, 3.8) is 0 Å². The lowest BCUT2D eigenvalue weighted by Crippen LogP contribution is -2.14. The van der Waals surface area contributed by atoms with Gasteiger partial charge in [0.1, 0.15) is 6.17 Å². The Labute approximate surface area is 68.0 Å². The molecule has 2 aliphatic rings. The number of carbonyl (C=O) groups is 1. The van der Waals surface area contributed by atoms with Crippen LogP contribution < -0.4 is 0 Å². The number of amides is 1. The number of fused-ring (bicyclic) bond motifs is 1. The lowest BCUT2D eigenvalue weighted by molar-refractivity contribution is -0.111. The Balaban J connectivity index is 2.41. The Morgan fingerprint density at radius 1 is 1.50 bits per heavy atom. The number of allylic oxidation sites excluding steroid dienone is 3. The molecule has 0 fully saturated rings. The maximum Gasteiger partial charge on any atom is 0.288 e. The van der Waals surface area contributed by atoms with Crippen LogP contribution in [0.2, 0.25) is 0 Å². The summed E-state index contributed by atoms with van der Waals surface area (Å²) in [4.78, 5) is 18.1. The molecule has 1 aliphatic carbocycles. The lowest BCUT2D eigenvalue weighted by Gasteiger charge is -2.10. The summed E-state index contributed by atoms with van der Waals surface area (Å²) in [6, 6.07) is 0. The van der Waals surface area contributed by atoms with Gasteiger partial charge in [0.15, 0.2) is 0 Å². The first-order chi connectivity index (χ1) is 5.75. The van der Waals surface area contributed by atoms with E-state index in [0.717, 1.165) is 6.21 Å². The van der Waals surface area contributed by atoms with Crippen LogP contribution in [0.1, 0.15) is 0 Å². The molecular weight excluding hydrogens is 159 g/mol. The van der Waals surface area contributed by atoms with E-state index in [9.17, 15) is 9.18 Å². The molecule has 1 aliphatic heterocycles. The molecule has 0 spiro atoms. The van der Waals surface area contributed by atoms with Gasteiger partial charge in [0.25, 0.3) is 5.91 Å². The van der Waals surface area contributed by atoms with Crippen molar-refractivity contribution in [1.29, 1.82) is 0 Å². The summed E-state index contributed by atoms with van der Waals surface area (Å²) in [5.74, 6) is -0.399. The van der Waals surface area contributed by atoms with Gasteiger partial charge in [-0.1, -0.05) is 0 Å². The molecule has 1 unspecified atom stereocenters. The number of alkyl halides is 1. The third kappa shape index (κ3) is 1.11. The predicted octanol–water partition coefficient (Wildman–Crippen LogP) is 0.830. The van der Waals surface area contributed by atoms with Gasteiger partial charge < -0.3 is 0 Å². The molecule has 12 heavy (non-hydrogen) atoms. The molecule has 1 heterocycles. The number of nitrogens with zero attached hydrogens (tertiary/aromatic N) is 2. The number of halogens is 1. The third-order valence-electron chi connectivity index (χ3n) is 1.56. The highest BCUT2D eigenvalue weighted by atomic mass is 19.1. The van der Waals surface area contributed by atoms with Gasteiger partial charge in [-0.15, -0.1) is 0 Å². The summed E-state index contributed by atoms with van der Waals surface area (Å²) in [7, 11) is 0. The number of hydrogen-bond acceptors (Lipinski definition) is 2. The zero-order chi connectivity index (χ0) is 8.55. The van der Waals surface area contributed by atoms with Crippen molar-refractivity contribution < 1.29 is 9.18 Å². The minimum absolute atomic E-state index is 0.399. The summed E-state index contributed by atoms with van der Waals surface area (Å²) in [5, 5.41) is 0. The Morgan fingerprint density at radius 3 is 3.17 bits per heavy atom. The van der Waals surface area contributed by atoms with Crippen LogP contribution >= 0.6 is 0 Å². The molecule has 0 saturated carbocycles. The highest BCUT2D eigenvalue weighted by molar-refractivity contribution is 6.34. The third-order valence-corrected chi connectivity index (χ3v) is 1.56. The van der Waals surface area contributed by atoms with Crippen LogP contribution in [0.5, 0.6) is 0 Å². The van der Waals surface area contributed by atoms with Crippen LogP contribution in [-0.2, 0) is 4.79 Å². The van der Waals surface area contributed by atoms with E-state index in [1.54, 1.807) is 0 Å². The van der Waals surface area contributed by atoms with E-state index in [-0.39, 0.29) is 0 Å². The smallest absolute Gasteiger partial charge is 0.266 e. The minimum atomic E-state index is -1.12. The summed E-state index contributed by atoms with van der Waals surface area (Å²) in [6.07, 6.45) is 4.08. The van der Waals surface area contributed by atoms with Crippen LogP contribution in [0.25, 0.3) is 0 Å². The van der Waals surface area contributed by atoms with Gasteiger partial charge in [-0.3, -0.25) is 4.79 Å². The van der Waals surface area contributed by atoms with Crippen LogP contribution in [0, 0.1) is 0 Å². The Kier molecular flexibility index (Phi) is 1.46. The zero-order valence-electron chi connectivity index (χ0n) is 6.07. The fraction of sp³-hybridized carbons (Fsp3) is 0.125. The summed E-state index contributed by atoms with van der Waals surface area (Å²) in [5.41, 5.74) is 0.876. The van der Waals surface area contributed by atoms with Crippen LogP contribution in [0.3, 0.4) is 0 Å². The highest BCUT2D eigenvalue weighted by Crippen LogP contribution is 2.15. The second-order valence-corrected chi connectivity index (χ2v) is 2.45. The van der Waals surface area contributed by atoms with Crippen molar-refractivity contribution in [2.24, 2.45) is 9.98 Å². The lowest BCUT2D eigenvalue weighted by atomic mass is 10.1. The van der Waals surface area contributed by atoms with Crippen LogP contribution in [0.15, 0.2) is 33.9 Å². The van der Waals surface area contributed by atoms with E-state index in [1.807, 2.05) is 0 Å². The van der Waals surface area contributed by atoms with Crippen molar-refractivity contribution in [3.8, 4) is 0 Å². The van der Waals surface area contributed by atoms with E-state index in [1.165, 1.54) is 18.2 Å². The molecule has 0 N–H and O–H groups in total. The van der Waals surface area contributed by atoms with Crippen molar-refractivity contribution in [3.05, 3.63) is 23.9 Å². The van der Waals surface area contributed by atoms with Gasteiger partial charge in [0.05, 0.1) is 17.6 Å². The second kappa shape index (κ2) is 2.48. The zero-order valence-corrected chi connectivity index (χ0v) is 6.07. The average Bonchev–Trinajstić information content (AvgIpc) is 2.05. The van der Waals surface area contributed by atoms with Crippen molar-refractivity contribution in [2.45, 2.75) is 6.17 Å². The molecule has 0 saturated heterocycles. The maximum absolute atomic E-state index is 12.7. The van der Waals surface area contributed by atoms with E-state index in [2.05, 4.69) is 9.98 Å². The molecule has 0 aromatic carbocycles. The normalized spacial score (nSPS) is 26.4. The quantitative estimate of drug-likeness (QED) is 0.522. The fourth-order valence-corrected chi connectivity index (χ4v) is 1.04. The SMILES string of the molecule is O=C1C=NC2=CC(F)C=CC2=N1. The summed E-state index contributed by atoms with van der Waals surface area (Å²) < 4.78 is 12.7. The van der Waals surface area contributed by atoms with E-state index in [0.29, 0.717) is 11.4 Å². The van der Waals surface area contributed by atoms with Gasteiger partial charge in [-0.2, -0.15) is 0 Å². The van der Waals surface area contributed by atoms with Gasteiger partial charge in [-0.05, 0) is 18.2 Å². The van der Waals surface area contributed by atoms with Crippen LogP contribution in [0.4, 0.5) is 4.39 Å². The molecule has 0 radical (unpaired) electrons. The average molecular weight is 164 g/mol. The van der Waals surface area contributed by atoms with Gasteiger partial charge in [0.2, 0.25) is 0 Å². The maximum atomic E-state index is 12.7. The van der Waals surface area contributed by atoms with E-state index in [4.69, 9.17) is 0 Å². The van der Waals surface area contributed by atoms with Gasteiger partial charge in [0, 0.05) is 0 Å². The standard InChI is InChI=1S/C8H5FN2O/c9-5-1-2-6-7(3-5)10-4-8(12)11-6/h1-5H. The number of hydrogen-bond donors (Lipinski definition) is 0. The number of rotatable bonds is 0.